The van der Waals surface area contributed by atoms with Crippen LogP contribution in [0.1, 0.15) is 5.82 Å². The van der Waals surface area contributed by atoms with E-state index < -0.39 is 0 Å². The molecule has 6 nitrogen and oxygen atoms in total. The molecular formula is C11H10ClN5OS. The Kier molecular flexibility index (Phi) is 3.09. The number of nitrogens with zero attached hydrogens (tertiary/aromatic N) is 4. The van der Waals surface area contributed by atoms with Gasteiger partial charge in [-0.25, -0.2) is 0 Å². The number of rotatable bonds is 3. The topological polar surface area (TPSA) is 78.3 Å². The first-order valence-electron chi connectivity index (χ1n) is 5.45. The average Bonchev–Trinajstić information content (AvgIpc) is 2.92. The van der Waals surface area contributed by atoms with Gasteiger partial charge >= 0.3 is 0 Å². The van der Waals surface area contributed by atoms with Crippen molar-refractivity contribution in [3.8, 4) is 10.6 Å². The van der Waals surface area contributed by atoms with Crippen LogP contribution in [0.15, 0.2) is 18.2 Å². The molecule has 0 aliphatic rings. The van der Waals surface area contributed by atoms with Gasteiger partial charge < -0.3 is 10.5 Å². The van der Waals surface area contributed by atoms with Gasteiger partial charge in [-0.2, -0.15) is 9.61 Å². The van der Waals surface area contributed by atoms with Gasteiger partial charge in [0, 0.05) is 12.8 Å². The Morgan fingerprint density at radius 2 is 2.26 bits per heavy atom. The number of fused-ring (bicyclic) bond motifs is 1. The summed E-state index contributed by atoms with van der Waals surface area (Å²) in [4.78, 5) is 0.682. The Bertz CT molecular complexity index is 718. The molecule has 98 valence electrons. The summed E-state index contributed by atoms with van der Waals surface area (Å²) in [5, 5.41) is 13.8. The lowest BCUT2D eigenvalue weighted by Gasteiger charge is -2.03. The Balaban J connectivity index is 2.16. The van der Waals surface area contributed by atoms with Gasteiger partial charge in [-0.05, 0) is 12.1 Å². The van der Waals surface area contributed by atoms with Crippen molar-refractivity contribution in [3.05, 3.63) is 29.0 Å². The fraction of sp³-hybridized carbons (Fsp3) is 0.182. The van der Waals surface area contributed by atoms with E-state index in [-0.39, 0.29) is 0 Å². The second-order valence-corrected chi connectivity index (χ2v) is 5.22. The molecule has 2 N–H and O–H groups in total. The molecule has 2 heterocycles. The van der Waals surface area contributed by atoms with Crippen LogP contribution in [0.25, 0.3) is 15.5 Å². The van der Waals surface area contributed by atoms with Crippen molar-refractivity contribution in [3.63, 3.8) is 0 Å². The van der Waals surface area contributed by atoms with Crippen LogP contribution in [0.5, 0.6) is 0 Å². The molecule has 1 aromatic carbocycles. The molecule has 0 atom stereocenters. The molecule has 0 amide bonds. The summed E-state index contributed by atoms with van der Waals surface area (Å²) < 4.78 is 6.69. The second-order valence-electron chi connectivity index (χ2n) is 3.85. The van der Waals surface area contributed by atoms with E-state index in [1.807, 2.05) is 0 Å². The lowest BCUT2D eigenvalue weighted by atomic mass is 10.2. The molecule has 3 rings (SSSR count). The van der Waals surface area contributed by atoms with E-state index in [4.69, 9.17) is 22.1 Å². The summed E-state index contributed by atoms with van der Waals surface area (Å²) in [5.41, 5.74) is 7.27. The number of anilines is 1. The highest BCUT2D eigenvalue weighted by molar-refractivity contribution is 7.20. The fourth-order valence-electron chi connectivity index (χ4n) is 1.74. The summed E-state index contributed by atoms with van der Waals surface area (Å²) in [6.45, 7) is 0.350. The van der Waals surface area contributed by atoms with Crippen LogP contribution in [0.3, 0.4) is 0 Å². The van der Waals surface area contributed by atoms with E-state index >= 15 is 0 Å². The third-order valence-corrected chi connectivity index (χ3v) is 3.82. The molecule has 0 aliphatic heterocycles. The van der Waals surface area contributed by atoms with Crippen LogP contribution in [-0.2, 0) is 11.3 Å². The Labute approximate surface area is 117 Å². The maximum absolute atomic E-state index is 6.18. The Morgan fingerprint density at radius 3 is 3.00 bits per heavy atom. The first-order valence-corrected chi connectivity index (χ1v) is 6.64. The molecule has 19 heavy (non-hydrogen) atoms. The van der Waals surface area contributed by atoms with Crippen molar-refractivity contribution in [1.82, 2.24) is 19.8 Å². The van der Waals surface area contributed by atoms with E-state index in [9.17, 15) is 0 Å². The number of aromatic nitrogens is 4. The highest BCUT2D eigenvalue weighted by Crippen LogP contribution is 2.35. The fourth-order valence-corrected chi connectivity index (χ4v) is 3.01. The highest BCUT2D eigenvalue weighted by Gasteiger charge is 2.16. The van der Waals surface area contributed by atoms with E-state index in [2.05, 4.69) is 15.3 Å². The largest absolute Gasteiger partial charge is 0.398 e. The minimum atomic E-state index is 0.350. The normalized spacial score (nSPS) is 11.3. The molecule has 8 heteroatoms. The van der Waals surface area contributed by atoms with E-state index in [0.29, 0.717) is 33.1 Å². The molecule has 0 radical (unpaired) electrons. The Morgan fingerprint density at radius 1 is 1.42 bits per heavy atom. The third kappa shape index (κ3) is 2.05. The van der Waals surface area contributed by atoms with Gasteiger partial charge in [0.05, 0.1) is 10.6 Å². The van der Waals surface area contributed by atoms with Crippen molar-refractivity contribution in [2.45, 2.75) is 6.61 Å². The van der Waals surface area contributed by atoms with Crippen molar-refractivity contribution in [2.75, 3.05) is 12.8 Å². The first-order chi connectivity index (χ1) is 9.20. The molecule has 0 bridgehead atoms. The van der Waals surface area contributed by atoms with Crippen molar-refractivity contribution in [2.24, 2.45) is 0 Å². The standard InChI is InChI=1S/C11H10ClN5OS/c1-18-5-8-14-15-11-17(8)16-10(19-11)9-6(12)3-2-4-7(9)13/h2-4H,5,13H2,1H3. The molecule has 3 aromatic rings. The average molecular weight is 296 g/mol. The summed E-state index contributed by atoms with van der Waals surface area (Å²) in [6.07, 6.45) is 0. The lowest BCUT2D eigenvalue weighted by Crippen LogP contribution is -1.98. The predicted molar refractivity (Wildman–Crippen MR) is 74.2 cm³/mol. The second kappa shape index (κ2) is 4.76. The van der Waals surface area contributed by atoms with Gasteiger partial charge in [-0.1, -0.05) is 29.0 Å². The molecule has 0 spiro atoms. The van der Waals surface area contributed by atoms with Gasteiger partial charge in [0.2, 0.25) is 4.96 Å². The van der Waals surface area contributed by atoms with Crippen molar-refractivity contribution in [1.29, 1.82) is 0 Å². The van der Waals surface area contributed by atoms with Crippen molar-refractivity contribution < 1.29 is 4.74 Å². The summed E-state index contributed by atoms with van der Waals surface area (Å²) in [7, 11) is 1.60. The maximum atomic E-state index is 6.18. The van der Waals surface area contributed by atoms with Gasteiger partial charge in [0.25, 0.3) is 0 Å². The summed E-state index contributed by atoms with van der Waals surface area (Å²) in [6, 6.07) is 5.38. The number of benzene rings is 1. The molecule has 0 saturated heterocycles. The number of ether oxygens (including phenoxy) is 1. The summed E-state index contributed by atoms with van der Waals surface area (Å²) in [5.74, 6) is 0.644. The van der Waals surface area contributed by atoms with Gasteiger partial charge in [-0.15, -0.1) is 10.2 Å². The van der Waals surface area contributed by atoms with E-state index in [0.717, 1.165) is 5.56 Å². The predicted octanol–water partition coefficient (Wildman–Crippen LogP) is 2.23. The van der Waals surface area contributed by atoms with Crippen LogP contribution in [0, 0.1) is 0 Å². The monoisotopic (exact) mass is 295 g/mol. The number of methoxy groups -OCH3 is 1. The Hall–Kier alpha value is -1.70. The van der Waals surface area contributed by atoms with Gasteiger partial charge in [0.15, 0.2) is 10.8 Å². The van der Waals surface area contributed by atoms with Crippen LogP contribution < -0.4 is 5.73 Å². The third-order valence-electron chi connectivity index (χ3n) is 2.59. The smallest absolute Gasteiger partial charge is 0.235 e. The molecule has 0 unspecified atom stereocenters. The van der Waals surface area contributed by atoms with E-state index in [1.54, 1.807) is 29.8 Å². The van der Waals surface area contributed by atoms with Crippen LogP contribution >= 0.6 is 22.9 Å². The lowest BCUT2D eigenvalue weighted by molar-refractivity contribution is 0.176. The maximum Gasteiger partial charge on any atom is 0.235 e. The van der Waals surface area contributed by atoms with E-state index in [1.165, 1.54) is 11.3 Å². The zero-order valence-electron chi connectivity index (χ0n) is 10.00. The SMILES string of the molecule is COCc1nnc2sc(-c3c(N)cccc3Cl)nn12. The van der Waals surface area contributed by atoms with Crippen LogP contribution in [0.2, 0.25) is 5.02 Å². The molecule has 0 fully saturated rings. The van der Waals surface area contributed by atoms with Gasteiger partial charge in [0.1, 0.15) is 6.61 Å². The minimum absolute atomic E-state index is 0.350. The number of nitrogens with two attached hydrogens (primary N) is 1. The number of halogens is 1. The molecule has 0 aliphatic carbocycles. The number of hydrogen-bond donors (Lipinski definition) is 1. The quantitative estimate of drug-likeness (QED) is 0.750. The van der Waals surface area contributed by atoms with Crippen LogP contribution in [0.4, 0.5) is 5.69 Å². The first kappa shape index (κ1) is 12.3. The minimum Gasteiger partial charge on any atom is -0.398 e. The number of hydrogen-bond acceptors (Lipinski definition) is 6. The van der Waals surface area contributed by atoms with Gasteiger partial charge in [-0.3, -0.25) is 0 Å². The molecular weight excluding hydrogens is 286 g/mol. The molecule has 0 saturated carbocycles. The molecule has 2 aromatic heterocycles. The zero-order chi connectivity index (χ0) is 13.4. The van der Waals surface area contributed by atoms with Crippen molar-refractivity contribution >= 4 is 33.6 Å². The summed E-state index contributed by atoms with van der Waals surface area (Å²) >= 11 is 7.56. The zero-order valence-corrected chi connectivity index (χ0v) is 11.6. The number of nitrogen functional groups attached to an aromatic ring is 1. The van der Waals surface area contributed by atoms with Crippen LogP contribution in [-0.4, -0.2) is 26.9 Å². The highest BCUT2D eigenvalue weighted by atomic mass is 35.5.